The number of benzene rings is 9. The summed E-state index contributed by atoms with van der Waals surface area (Å²) >= 11 is 1.84. The first-order valence-corrected chi connectivity index (χ1v) is 19.7. The summed E-state index contributed by atoms with van der Waals surface area (Å²) in [5, 5.41) is 9.40. The highest BCUT2D eigenvalue weighted by Crippen LogP contribution is 2.46. The number of fused-ring (bicyclic) bond motifs is 11. The molecule has 56 heavy (non-hydrogen) atoms. The average Bonchev–Trinajstić information content (AvgIpc) is 3.96. The molecule has 0 saturated carbocycles. The van der Waals surface area contributed by atoms with E-state index in [-0.39, 0.29) is 0 Å². The molecule has 3 aromatic heterocycles. The first kappa shape index (κ1) is 31.2. The van der Waals surface area contributed by atoms with Gasteiger partial charge in [-0.15, -0.1) is 11.3 Å². The summed E-state index contributed by atoms with van der Waals surface area (Å²) in [7, 11) is 0. The van der Waals surface area contributed by atoms with Crippen LogP contribution in [-0.4, -0.2) is 0 Å². The van der Waals surface area contributed by atoms with Gasteiger partial charge in [-0.1, -0.05) is 115 Å². The molecular weight excluding hydrogens is 703 g/mol. The van der Waals surface area contributed by atoms with Crippen molar-refractivity contribution in [3.63, 3.8) is 0 Å². The monoisotopic (exact) mass is 733 g/mol. The number of anilines is 3. The molecule has 0 aliphatic heterocycles. The number of nitrogens with zero attached hydrogens (tertiary/aromatic N) is 1. The topological polar surface area (TPSA) is 29.5 Å². The maximum absolute atomic E-state index is 6.54. The van der Waals surface area contributed by atoms with Gasteiger partial charge in [-0.05, 0) is 100 Å². The molecule has 0 N–H and O–H groups in total. The Hall–Kier alpha value is -7.14. The molecule has 12 aromatic rings. The lowest BCUT2D eigenvalue weighted by Gasteiger charge is -2.27. The van der Waals surface area contributed by atoms with Crippen LogP contribution in [0, 0.1) is 0 Å². The fourth-order valence-electron chi connectivity index (χ4n) is 8.66. The van der Waals surface area contributed by atoms with Gasteiger partial charge in [0, 0.05) is 58.5 Å². The molecule has 4 heteroatoms. The van der Waals surface area contributed by atoms with Gasteiger partial charge in [-0.2, -0.15) is 0 Å². The van der Waals surface area contributed by atoms with Crippen molar-refractivity contribution in [2.45, 2.75) is 0 Å². The molecule has 262 valence electrons. The molecule has 0 atom stereocenters. The van der Waals surface area contributed by atoms with E-state index in [2.05, 4.69) is 181 Å². The largest absolute Gasteiger partial charge is 0.456 e. The Balaban J connectivity index is 0.993. The van der Waals surface area contributed by atoms with E-state index >= 15 is 0 Å². The van der Waals surface area contributed by atoms with Crippen LogP contribution in [0.2, 0.25) is 0 Å². The molecule has 0 fully saturated rings. The molecule has 0 saturated heterocycles. The predicted molar refractivity (Wildman–Crippen MR) is 237 cm³/mol. The van der Waals surface area contributed by atoms with E-state index in [4.69, 9.17) is 8.83 Å². The zero-order chi connectivity index (χ0) is 36.7. The van der Waals surface area contributed by atoms with Crippen LogP contribution in [0.4, 0.5) is 17.1 Å². The molecule has 3 heterocycles. The number of thiophene rings is 1. The second kappa shape index (κ2) is 12.2. The number of hydrogen-bond donors (Lipinski definition) is 0. The minimum Gasteiger partial charge on any atom is -0.456 e. The van der Waals surface area contributed by atoms with Crippen molar-refractivity contribution in [1.29, 1.82) is 0 Å². The van der Waals surface area contributed by atoms with Crippen LogP contribution in [0.3, 0.4) is 0 Å². The van der Waals surface area contributed by atoms with Crippen LogP contribution in [-0.2, 0) is 0 Å². The van der Waals surface area contributed by atoms with Crippen LogP contribution in [0.5, 0.6) is 0 Å². The fraction of sp³-hybridized carbons (Fsp3) is 0. The van der Waals surface area contributed by atoms with Crippen molar-refractivity contribution in [3.05, 3.63) is 188 Å². The Morgan fingerprint density at radius 2 is 1.02 bits per heavy atom. The van der Waals surface area contributed by atoms with Crippen molar-refractivity contribution >= 4 is 103 Å². The standard InChI is InChI=1S/C52H31NO2S/c1-2-10-39-33(9-1)23-30-43-50-38(13-7-16-46(50)55-52(39)43)34-21-27-37(28-22-34)53(44-14-8-18-49-51(44)42-12-4-6-17-48(42)56-49)36-25-19-32(20-26-36)35-24-29-41-40-11-3-5-15-45(40)54-47(41)31-35/h1-31H. The van der Waals surface area contributed by atoms with E-state index in [1.807, 2.05) is 23.5 Å². The second-order valence-electron chi connectivity index (χ2n) is 14.4. The van der Waals surface area contributed by atoms with E-state index < -0.39 is 0 Å². The lowest BCUT2D eigenvalue weighted by molar-refractivity contribution is 0.669. The summed E-state index contributed by atoms with van der Waals surface area (Å²) in [5.41, 5.74) is 11.5. The lowest BCUT2D eigenvalue weighted by Crippen LogP contribution is -2.10. The minimum absolute atomic E-state index is 0.898. The molecule has 0 radical (unpaired) electrons. The van der Waals surface area contributed by atoms with Crippen LogP contribution >= 0.6 is 11.3 Å². The van der Waals surface area contributed by atoms with Crippen LogP contribution < -0.4 is 4.90 Å². The summed E-state index contributed by atoms with van der Waals surface area (Å²) in [6.45, 7) is 0. The second-order valence-corrected chi connectivity index (χ2v) is 15.5. The first-order chi connectivity index (χ1) is 27.7. The lowest BCUT2D eigenvalue weighted by atomic mass is 9.97. The van der Waals surface area contributed by atoms with Crippen molar-refractivity contribution in [3.8, 4) is 22.3 Å². The average molecular weight is 734 g/mol. The third-order valence-corrected chi connectivity index (χ3v) is 12.4. The Morgan fingerprint density at radius 1 is 0.375 bits per heavy atom. The highest BCUT2D eigenvalue weighted by Gasteiger charge is 2.20. The molecule has 9 aromatic carbocycles. The number of para-hydroxylation sites is 1. The Morgan fingerprint density at radius 3 is 1.88 bits per heavy atom. The smallest absolute Gasteiger partial charge is 0.143 e. The van der Waals surface area contributed by atoms with Gasteiger partial charge in [0.25, 0.3) is 0 Å². The maximum atomic E-state index is 6.54. The van der Waals surface area contributed by atoms with Crippen molar-refractivity contribution < 1.29 is 8.83 Å². The Labute approximate surface area is 325 Å². The van der Waals surface area contributed by atoms with Gasteiger partial charge >= 0.3 is 0 Å². The van der Waals surface area contributed by atoms with Gasteiger partial charge in [0.2, 0.25) is 0 Å². The zero-order valence-electron chi connectivity index (χ0n) is 30.1. The van der Waals surface area contributed by atoms with Gasteiger partial charge in [-0.3, -0.25) is 0 Å². The summed E-state index contributed by atoms with van der Waals surface area (Å²) in [6.07, 6.45) is 0. The maximum Gasteiger partial charge on any atom is 0.143 e. The predicted octanol–water partition coefficient (Wildman–Crippen LogP) is 15.8. The van der Waals surface area contributed by atoms with E-state index in [0.29, 0.717) is 0 Å². The quantitative estimate of drug-likeness (QED) is 0.176. The van der Waals surface area contributed by atoms with Crippen LogP contribution in [0.25, 0.3) is 97.1 Å². The van der Waals surface area contributed by atoms with E-state index in [1.165, 1.54) is 25.6 Å². The summed E-state index contributed by atoms with van der Waals surface area (Å²) in [4.78, 5) is 2.40. The van der Waals surface area contributed by atoms with Gasteiger partial charge in [0.1, 0.15) is 22.3 Å². The molecule has 0 aliphatic rings. The van der Waals surface area contributed by atoms with E-state index in [9.17, 15) is 0 Å². The van der Waals surface area contributed by atoms with Crippen molar-refractivity contribution in [2.75, 3.05) is 4.90 Å². The van der Waals surface area contributed by atoms with E-state index in [1.54, 1.807) is 0 Å². The third kappa shape index (κ3) is 4.76. The highest BCUT2D eigenvalue weighted by atomic mass is 32.1. The number of furan rings is 2. The summed E-state index contributed by atoms with van der Waals surface area (Å²) in [6, 6.07) is 67.3. The molecule has 0 unspecified atom stereocenters. The fourth-order valence-corrected chi connectivity index (χ4v) is 9.79. The van der Waals surface area contributed by atoms with Crippen molar-refractivity contribution in [2.24, 2.45) is 0 Å². The van der Waals surface area contributed by atoms with Crippen LogP contribution in [0.1, 0.15) is 0 Å². The summed E-state index contributed by atoms with van der Waals surface area (Å²) in [5.74, 6) is 0. The number of hydrogen-bond acceptors (Lipinski definition) is 4. The molecule has 12 rings (SSSR count). The summed E-state index contributed by atoms with van der Waals surface area (Å²) < 4.78 is 15.3. The normalized spacial score (nSPS) is 11.9. The van der Waals surface area contributed by atoms with Crippen LogP contribution in [0.15, 0.2) is 197 Å². The molecular formula is C52H31NO2S. The van der Waals surface area contributed by atoms with E-state index in [0.717, 1.165) is 88.6 Å². The molecule has 0 amide bonds. The third-order valence-electron chi connectivity index (χ3n) is 11.3. The highest BCUT2D eigenvalue weighted by molar-refractivity contribution is 7.26. The van der Waals surface area contributed by atoms with Gasteiger partial charge in [0.15, 0.2) is 0 Å². The Kier molecular flexibility index (Phi) is 6.80. The zero-order valence-corrected chi connectivity index (χ0v) is 30.9. The molecule has 0 aliphatic carbocycles. The SMILES string of the molecule is c1ccc2c(c1)ccc1c2oc2cccc(-c3ccc(N(c4ccc(-c5ccc6c(c5)oc5ccccc56)cc4)c4cccc5sc6ccccc6c45)cc3)c21. The Bertz CT molecular complexity index is 3480. The minimum atomic E-state index is 0.898. The number of rotatable bonds is 5. The first-order valence-electron chi connectivity index (χ1n) is 18.9. The van der Waals surface area contributed by atoms with Gasteiger partial charge < -0.3 is 13.7 Å². The molecule has 3 nitrogen and oxygen atoms in total. The van der Waals surface area contributed by atoms with Gasteiger partial charge in [0.05, 0.1) is 5.69 Å². The van der Waals surface area contributed by atoms with Crippen molar-refractivity contribution in [1.82, 2.24) is 0 Å². The van der Waals surface area contributed by atoms with Gasteiger partial charge in [-0.25, -0.2) is 0 Å². The molecule has 0 bridgehead atoms. The molecule has 0 spiro atoms.